The van der Waals surface area contributed by atoms with Crippen molar-refractivity contribution >= 4 is 28.6 Å². The highest BCUT2D eigenvalue weighted by molar-refractivity contribution is 5.89. The SMILES string of the molecule is CCC(C)NC(=O)O[C@@H]1CC[C@H](c2cc(Nc3ccnc4cnn(C)c34)n[nH]2)C1. The maximum atomic E-state index is 12.0. The molecule has 3 heterocycles. The van der Waals surface area contributed by atoms with Crippen LogP contribution in [0.2, 0.25) is 0 Å². The lowest BCUT2D eigenvalue weighted by atomic mass is 10.0. The van der Waals surface area contributed by atoms with Gasteiger partial charge in [-0.1, -0.05) is 6.92 Å². The number of pyridine rings is 1. The lowest BCUT2D eigenvalue weighted by Crippen LogP contribution is -2.34. The topological polar surface area (TPSA) is 110 Å². The molecule has 0 aromatic carbocycles. The third-order valence-electron chi connectivity index (χ3n) is 5.56. The van der Waals surface area contributed by atoms with Crippen LogP contribution in [0.25, 0.3) is 11.0 Å². The monoisotopic (exact) mass is 397 g/mol. The molecule has 1 aliphatic carbocycles. The number of aromatic nitrogens is 5. The van der Waals surface area contributed by atoms with Gasteiger partial charge in [0, 0.05) is 37.0 Å². The van der Waals surface area contributed by atoms with Gasteiger partial charge in [0.15, 0.2) is 5.82 Å². The van der Waals surface area contributed by atoms with E-state index in [0.717, 1.165) is 53.9 Å². The summed E-state index contributed by atoms with van der Waals surface area (Å²) in [4.78, 5) is 16.3. The summed E-state index contributed by atoms with van der Waals surface area (Å²) in [5.74, 6) is 1.04. The van der Waals surface area contributed by atoms with Crippen molar-refractivity contribution < 1.29 is 9.53 Å². The zero-order valence-electron chi connectivity index (χ0n) is 17.0. The van der Waals surface area contributed by atoms with E-state index in [1.165, 1.54) is 0 Å². The van der Waals surface area contributed by atoms with E-state index in [1.807, 2.05) is 33.0 Å². The molecular weight excluding hydrogens is 370 g/mol. The maximum absolute atomic E-state index is 12.0. The Balaban J connectivity index is 1.38. The Labute approximate surface area is 169 Å². The first-order chi connectivity index (χ1) is 14.0. The van der Waals surface area contributed by atoms with Crippen molar-refractivity contribution in [1.29, 1.82) is 0 Å². The molecule has 3 aromatic rings. The number of ether oxygens (including phenoxy) is 1. The summed E-state index contributed by atoms with van der Waals surface area (Å²) in [5.41, 5.74) is 3.72. The number of nitrogens with one attached hydrogen (secondary N) is 3. The van der Waals surface area contributed by atoms with Crippen LogP contribution in [-0.4, -0.2) is 43.2 Å². The fourth-order valence-electron chi connectivity index (χ4n) is 3.77. The summed E-state index contributed by atoms with van der Waals surface area (Å²) in [6.45, 7) is 4.01. The largest absolute Gasteiger partial charge is 0.446 e. The zero-order chi connectivity index (χ0) is 20.4. The van der Waals surface area contributed by atoms with E-state index < -0.39 is 0 Å². The van der Waals surface area contributed by atoms with Crippen LogP contribution in [0.15, 0.2) is 24.5 Å². The molecule has 29 heavy (non-hydrogen) atoms. The van der Waals surface area contributed by atoms with E-state index in [4.69, 9.17) is 4.74 Å². The van der Waals surface area contributed by atoms with Crippen LogP contribution in [0.5, 0.6) is 0 Å². The predicted molar refractivity (Wildman–Crippen MR) is 110 cm³/mol. The molecule has 3 N–H and O–H groups in total. The molecule has 9 heteroatoms. The van der Waals surface area contributed by atoms with Crippen molar-refractivity contribution in [1.82, 2.24) is 30.3 Å². The van der Waals surface area contributed by atoms with Gasteiger partial charge >= 0.3 is 6.09 Å². The van der Waals surface area contributed by atoms with Crippen molar-refractivity contribution in [3.8, 4) is 0 Å². The number of H-pyrrole nitrogens is 1. The average Bonchev–Trinajstić information content (AvgIpc) is 3.43. The normalized spacial score (nSPS) is 20.0. The number of fused-ring (bicyclic) bond motifs is 1. The molecule has 1 unspecified atom stereocenters. The van der Waals surface area contributed by atoms with Crippen molar-refractivity contribution in [2.24, 2.45) is 7.05 Å². The number of carbonyl (C=O) groups excluding carboxylic acids is 1. The van der Waals surface area contributed by atoms with Gasteiger partial charge in [-0.25, -0.2) is 4.79 Å². The first-order valence-corrected chi connectivity index (χ1v) is 10.1. The summed E-state index contributed by atoms with van der Waals surface area (Å²) >= 11 is 0. The standard InChI is InChI=1S/C20H27N7O2/c1-4-12(2)23-20(28)29-14-6-5-13(9-14)16-10-18(26-25-16)24-15-7-8-21-17-11-22-27(3)19(15)17/h7-8,10-14H,4-6,9H2,1-3H3,(H,23,28)(H2,21,24,25,26)/t12?,13-,14+/m0/s1. The van der Waals surface area contributed by atoms with Gasteiger partial charge in [-0.15, -0.1) is 0 Å². The molecule has 154 valence electrons. The number of rotatable bonds is 6. The summed E-state index contributed by atoms with van der Waals surface area (Å²) in [5, 5.41) is 18.0. The number of alkyl carbamates (subject to hydrolysis) is 1. The van der Waals surface area contributed by atoms with Crippen molar-refractivity contribution in [2.45, 2.75) is 57.6 Å². The van der Waals surface area contributed by atoms with Crippen molar-refractivity contribution in [3.63, 3.8) is 0 Å². The van der Waals surface area contributed by atoms with E-state index in [0.29, 0.717) is 5.92 Å². The third kappa shape index (κ3) is 4.18. The molecule has 9 nitrogen and oxygen atoms in total. The molecule has 3 atom stereocenters. The second-order valence-corrected chi connectivity index (χ2v) is 7.68. The number of nitrogens with zero attached hydrogens (tertiary/aromatic N) is 4. The Morgan fingerprint density at radius 2 is 2.31 bits per heavy atom. The highest BCUT2D eigenvalue weighted by Gasteiger charge is 2.30. The van der Waals surface area contributed by atoms with Crippen LogP contribution < -0.4 is 10.6 Å². The third-order valence-corrected chi connectivity index (χ3v) is 5.56. The second kappa shape index (κ2) is 8.10. The molecule has 3 aromatic heterocycles. The lowest BCUT2D eigenvalue weighted by Gasteiger charge is -2.16. The number of carbonyl (C=O) groups is 1. The van der Waals surface area contributed by atoms with E-state index in [-0.39, 0.29) is 18.2 Å². The minimum absolute atomic E-state index is 0.0574. The highest BCUT2D eigenvalue weighted by atomic mass is 16.6. The number of anilines is 2. The highest BCUT2D eigenvalue weighted by Crippen LogP contribution is 2.36. The van der Waals surface area contributed by atoms with Crippen molar-refractivity contribution in [3.05, 3.63) is 30.2 Å². The number of aryl methyl sites for hydroxylation is 1. The van der Waals surface area contributed by atoms with Crippen LogP contribution in [0.1, 0.15) is 51.1 Å². The number of hydrogen-bond donors (Lipinski definition) is 3. The van der Waals surface area contributed by atoms with Gasteiger partial charge < -0.3 is 15.4 Å². The van der Waals surface area contributed by atoms with Gasteiger partial charge in [0.25, 0.3) is 0 Å². The quantitative estimate of drug-likeness (QED) is 0.586. The Morgan fingerprint density at radius 3 is 3.14 bits per heavy atom. The fraction of sp³-hybridized carbons (Fsp3) is 0.500. The molecule has 0 spiro atoms. The van der Waals surface area contributed by atoms with E-state index in [1.54, 1.807) is 17.1 Å². The van der Waals surface area contributed by atoms with Crippen LogP contribution in [0.3, 0.4) is 0 Å². The summed E-state index contributed by atoms with van der Waals surface area (Å²) < 4.78 is 7.37. The molecule has 1 saturated carbocycles. The average molecular weight is 397 g/mol. The van der Waals surface area contributed by atoms with Gasteiger partial charge in [0.05, 0.1) is 11.9 Å². The van der Waals surface area contributed by atoms with Crippen LogP contribution in [-0.2, 0) is 11.8 Å². The zero-order valence-corrected chi connectivity index (χ0v) is 17.0. The van der Waals surface area contributed by atoms with Gasteiger partial charge in [0.1, 0.15) is 17.1 Å². The molecule has 0 bridgehead atoms. The molecule has 0 saturated heterocycles. The Morgan fingerprint density at radius 1 is 1.45 bits per heavy atom. The lowest BCUT2D eigenvalue weighted by molar-refractivity contribution is 0.0974. The van der Waals surface area contributed by atoms with Gasteiger partial charge in [-0.3, -0.25) is 14.8 Å². The molecule has 1 amide bonds. The second-order valence-electron chi connectivity index (χ2n) is 7.68. The molecule has 0 aliphatic heterocycles. The molecule has 4 rings (SSSR count). The van der Waals surface area contributed by atoms with Gasteiger partial charge in [0.2, 0.25) is 0 Å². The Kier molecular flexibility index (Phi) is 5.37. The smallest absolute Gasteiger partial charge is 0.407 e. The fourth-order valence-corrected chi connectivity index (χ4v) is 3.77. The summed E-state index contributed by atoms with van der Waals surface area (Å²) in [6.07, 6.45) is 6.62. The minimum atomic E-state index is -0.324. The number of amides is 1. The van der Waals surface area contributed by atoms with E-state index in [2.05, 4.69) is 30.9 Å². The first kappa shape index (κ1) is 19.2. The van der Waals surface area contributed by atoms with Crippen LogP contribution in [0, 0.1) is 0 Å². The molecule has 1 aliphatic rings. The van der Waals surface area contributed by atoms with Gasteiger partial charge in [-0.2, -0.15) is 10.2 Å². The summed E-state index contributed by atoms with van der Waals surface area (Å²) in [6, 6.07) is 4.06. The maximum Gasteiger partial charge on any atom is 0.407 e. The number of hydrogen-bond acceptors (Lipinski definition) is 6. The summed E-state index contributed by atoms with van der Waals surface area (Å²) in [7, 11) is 1.89. The van der Waals surface area contributed by atoms with Crippen LogP contribution in [0.4, 0.5) is 16.3 Å². The predicted octanol–water partition coefficient (Wildman–Crippen LogP) is 3.60. The number of aromatic amines is 1. The van der Waals surface area contributed by atoms with E-state index >= 15 is 0 Å². The molecular formula is C20H27N7O2. The van der Waals surface area contributed by atoms with Crippen LogP contribution >= 0.6 is 0 Å². The van der Waals surface area contributed by atoms with Crippen molar-refractivity contribution in [2.75, 3.05) is 5.32 Å². The minimum Gasteiger partial charge on any atom is -0.446 e. The van der Waals surface area contributed by atoms with Gasteiger partial charge in [-0.05, 0) is 38.7 Å². The molecule has 0 radical (unpaired) electrons. The van der Waals surface area contributed by atoms with E-state index in [9.17, 15) is 4.79 Å². The Hall–Kier alpha value is -3.10. The molecule has 1 fully saturated rings. The first-order valence-electron chi connectivity index (χ1n) is 10.1. The Bertz CT molecular complexity index is 996.